The van der Waals surface area contributed by atoms with Gasteiger partial charge in [0.25, 0.3) is 0 Å². The van der Waals surface area contributed by atoms with Gasteiger partial charge in [0, 0.05) is 24.6 Å². The van der Waals surface area contributed by atoms with Gasteiger partial charge in [-0.05, 0) is 38.6 Å². The number of hydrogen-bond donors (Lipinski definition) is 1. The third-order valence-corrected chi connectivity index (χ3v) is 2.90. The maximum absolute atomic E-state index is 4.34. The number of hydrogen-bond acceptors (Lipinski definition) is 3. The van der Waals surface area contributed by atoms with Crippen molar-refractivity contribution in [1.82, 2.24) is 20.1 Å². The van der Waals surface area contributed by atoms with Gasteiger partial charge in [-0.25, -0.2) is 0 Å². The second-order valence-electron chi connectivity index (χ2n) is 4.03. The minimum Gasteiger partial charge on any atom is -0.308 e. The Morgan fingerprint density at radius 2 is 2.18 bits per heavy atom. The highest BCUT2D eigenvalue weighted by Gasteiger charge is 2.15. The summed E-state index contributed by atoms with van der Waals surface area (Å²) >= 11 is 0. The quantitative estimate of drug-likeness (QED) is 0.872. The molecule has 2 heterocycles. The molecular formula is C13H18N4. The molecule has 0 saturated heterocycles. The summed E-state index contributed by atoms with van der Waals surface area (Å²) in [6, 6.07) is 6.33. The molecule has 0 bridgehead atoms. The van der Waals surface area contributed by atoms with E-state index in [1.807, 2.05) is 43.2 Å². The molecule has 0 amide bonds. The molecule has 4 nitrogen and oxygen atoms in total. The average Bonchev–Trinajstić information content (AvgIpc) is 2.81. The van der Waals surface area contributed by atoms with Crippen LogP contribution in [0, 0.1) is 6.92 Å². The summed E-state index contributed by atoms with van der Waals surface area (Å²) in [6.45, 7) is 4.96. The molecule has 0 aliphatic rings. The van der Waals surface area contributed by atoms with Gasteiger partial charge in [-0.15, -0.1) is 0 Å². The number of aromatic nitrogens is 3. The maximum Gasteiger partial charge on any atom is 0.0760 e. The Kier molecular flexibility index (Phi) is 3.54. The van der Waals surface area contributed by atoms with E-state index in [1.165, 1.54) is 5.69 Å². The summed E-state index contributed by atoms with van der Waals surface area (Å²) in [6.07, 6.45) is 3.76. The summed E-state index contributed by atoms with van der Waals surface area (Å²) in [5.74, 6) is 0. The molecule has 17 heavy (non-hydrogen) atoms. The zero-order valence-electron chi connectivity index (χ0n) is 10.5. The highest BCUT2D eigenvalue weighted by molar-refractivity contribution is 5.26. The molecule has 0 saturated carbocycles. The van der Waals surface area contributed by atoms with Crippen LogP contribution in [0.5, 0.6) is 0 Å². The smallest absolute Gasteiger partial charge is 0.0760 e. The molecule has 2 aromatic rings. The van der Waals surface area contributed by atoms with E-state index in [-0.39, 0.29) is 6.04 Å². The van der Waals surface area contributed by atoms with E-state index in [1.54, 1.807) is 0 Å². The van der Waals surface area contributed by atoms with Crippen molar-refractivity contribution in [2.24, 2.45) is 0 Å². The number of aryl methyl sites for hydroxylation is 2. The largest absolute Gasteiger partial charge is 0.308 e. The van der Waals surface area contributed by atoms with Crippen LogP contribution in [0.4, 0.5) is 0 Å². The lowest BCUT2D eigenvalue weighted by molar-refractivity contribution is 0.562. The molecule has 1 N–H and O–H groups in total. The van der Waals surface area contributed by atoms with Crippen LogP contribution in [-0.2, 0) is 6.54 Å². The second-order valence-corrected chi connectivity index (χ2v) is 4.03. The Labute approximate surface area is 102 Å². The molecule has 1 unspecified atom stereocenters. The van der Waals surface area contributed by atoms with E-state index < -0.39 is 0 Å². The number of pyridine rings is 1. The van der Waals surface area contributed by atoms with E-state index in [0.29, 0.717) is 0 Å². The lowest BCUT2D eigenvalue weighted by Gasteiger charge is -2.17. The first-order valence-electron chi connectivity index (χ1n) is 5.87. The van der Waals surface area contributed by atoms with Crippen LogP contribution in [0.15, 0.2) is 30.6 Å². The highest BCUT2D eigenvalue weighted by Crippen LogP contribution is 2.20. The minimum atomic E-state index is 0.144. The fourth-order valence-corrected chi connectivity index (χ4v) is 1.99. The summed E-state index contributed by atoms with van der Waals surface area (Å²) in [5.41, 5.74) is 3.36. The Morgan fingerprint density at radius 3 is 2.76 bits per heavy atom. The van der Waals surface area contributed by atoms with Crippen molar-refractivity contribution in [2.45, 2.75) is 26.4 Å². The molecule has 0 spiro atoms. The third-order valence-electron chi connectivity index (χ3n) is 2.90. The first kappa shape index (κ1) is 11.8. The zero-order valence-corrected chi connectivity index (χ0v) is 10.5. The Morgan fingerprint density at radius 1 is 1.35 bits per heavy atom. The summed E-state index contributed by atoms with van der Waals surface area (Å²) in [4.78, 5) is 4.34. The lowest BCUT2D eigenvalue weighted by Crippen LogP contribution is -2.21. The van der Waals surface area contributed by atoms with Crippen LogP contribution in [0.2, 0.25) is 0 Å². The van der Waals surface area contributed by atoms with Crippen molar-refractivity contribution >= 4 is 0 Å². The van der Waals surface area contributed by atoms with Crippen molar-refractivity contribution in [3.63, 3.8) is 0 Å². The molecule has 0 fully saturated rings. The molecule has 90 valence electrons. The van der Waals surface area contributed by atoms with Gasteiger partial charge in [-0.3, -0.25) is 9.67 Å². The summed E-state index contributed by atoms with van der Waals surface area (Å²) in [5, 5.41) is 7.62. The second kappa shape index (κ2) is 5.10. The van der Waals surface area contributed by atoms with Gasteiger partial charge in [-0.2, -0.15) is 5.10 Å². The highest BCUT2D eigenvalue weighted by atomic mass is 15.3. The van der Waals surface area contributed by atoms with Gasteiger partial charge in [0.1, 0.15) is 0 Å². The van der Waals surface area contributed by atoms with Crippen molar-refractivity contribution in [3.05, 3.63) is 47.5 Å². The van der Waals surface area contributed by atoms with Gasteiger partial charge in [0.2, 0.25) is 0 Å². The normalized spacial score (nSPS) is 12.6. The van der Waals surface area contributed by atoms with Gasteiger partial charge >= 0.3 is 0 Å². The van der Waals surface area contributed by atoms with Gasteiger partial charge in [0.15, 0.2) is 0 Å². The van der Waals surface area contributed by atoms with Crippen LogP contribution >= 0.6 is 0 Å². The Hall–Kier alpha value is -1.68. The molecule has 0 aliphatic carbocycles. The topological polar surface area (TPSA) is 42.7 Å². The van der Waals surface area contributed by atoms with Gasteiger partial charge < -0.3 is 5.32 Å². The Balaban J connectivity index is 2.36. The monoisotopic (exact) mass is 230 g/mol. The first-order valence-corrected chi connectivity index (χ1v) is 5.87. The maximum atomic E-state index is 4.34. The van der Waals surface area contributed by atoms with Crippen molar-refractivity contribution in [2.75, 3.05) is 7.05 Å². The number of nitrogens with one attached hydrogen (secondary N) is 1. The minimum absolute atomic E-state index is 0.144. The first-order chi connectivity index (χ1) is 8.26. The molecule has 0 radical (unpaired) electrons. The lowest BCUT2D eigenvalue weighted by atomic mass is 10.1. The van der Waals surface area contributed by atoms with Crippen LogP contribution in [0.1, 0.15) is 29.9 Å². The summed E-state index contributed by atoms with van der Waals surface area (Å²) < 4.78 is 2.00. The summed E-state index contributed by atoms with van der Waals surface area (Å²) in [7, 11) is 1.96. The average molecular weight is 230 g/mol. The van der Waals surface area contributed by atoms with E-state index in [2.05, 4.69) is 28.4 Å². The molecule has 0 aromatic carbocycles. The number of rotatable bonds is 4. The number of nitrogens with zero attached hydrogens (tertiary/aromatic N) is 3. The molecule has 0 aliphatic heterocycles. The van der Waals surface area contributed by atoms with Gasteiger partial charge in [-0.1, -0.05) is 6.07 Å². The fourth-order valence-electron chi connectivity index (χ4n) is 1.99. The van der Waals surface area contributed by atoms with Crippen LogP contribution < -0.4 is 5.32 Å². The van der Waals surface area contributed by atoms with E-state index in [0.717, 1.165) is 17.8 Å². The molecular weight excluding hydrogens is 212 g/mol. The standard InChI is InChI=1S/C13H18N4/c1-4-17-12(7-8-16-17)13(14-3)11-6-5-10(2)15-9-11/h5-9,13-14H,4H2,1-3H3. The van der Waals surface area contributed by atoms with Gasteiger partial charge in [0.05, 0.1) is 11.7 Å². The third kappa shape index (κ3) is 2.36. The van der Waals surface area contributed by atoms with Crippen LogP contribution in [-0.4, -0.2) is 21.8 Å². The predicted molar refractivity (Wildman–Crippen MR) is 67.8 cm³/mol. The predicted octanol–water partition coefficient (Wildman–Crippen LogP) is 1.92. The van der Waals surface area contributed by atoms with E-state index in [4.69, 9.17) is 0 Å². The molecule has 2 aromatic heterocycles. The Bertz CT molecular complexity index is 472. The van der Waals surface area contributed by atoms with Crippen molar-refractivity contribution < 1.29 is 0 Å². The van der Waals surface area contributed by atoms with E-state index in [9.17, 15) is 0 Å². The molecule has 2 rings (SSSR count). The fraction of sp³-hybridized carbons (Fsp3) is 0.385. The van der Waals surface area contributed by atoms with E-state index >= 15 is 0 Å². The van der Waals surface area contributed by atoms with Crippen LogP contribution in [0.25, 0.3) is 0 Å². The van der Waals surface area contributed by atoms with Crippen LogP contribution in [0.3, 0.4) is 0 Å². The van der Waals surface area contributed by atoms with Crippen molar-refractivity contribution in [3.8, 4) is 0 Å². The SMILES string of the molecule is CCn1nccc1C(NC)c1ccc(C)nc1. The molecule has 1 atom stereocenters. The zero-order chi connectivity index (χ0) is 12.3. The molecule has 4 heteroatoms. The van der Waals surface area contributed by atoms with Crippen molar-refractivity contribution in [1.29, 1.82) is 0 Å².